The molecule has 0 fully saturated rings. The number of primary sulfonamides is 1. The third kappa shape index (κ3) is 5.21. The quantitative estimate of drug-likeness (QED) is 0.357. The number of amides is 1. The van der Waals surface area contributed by atoms with E-state index in [-0.39, 0.29) is 4.90 Å². The first-order valence-electron chi connectivity index (χ1n) is 10.6. The number of anilines is 1. The van der Waals surface area contributed by atoms with Crippen LogP contribution < -0.4 is 19.9 Å². The number of nitrogens with one attached hydrogen (secondary N) is 1. The van der Waals surface area contributed by atoms with Gasteiger partial charge < -0.3 is 19.2 Å². The predicted octanol–water partition coefficient (Wildman–Crippen LogP) is 4.81. The fourth-order valence-corrected chi connectivity index (χ4v) is 4.29. The van der Waals surface area contributed by atoms with E-state index in [9.17, 15) is 13.2 Å². The van der Waals surface area contributed by atoms with Crippen molar-refractivity contribution < 1.29 is 27.1 Å². The molecular formula is C26H24N2O6S. The molecule has 0 unspecified atom stereocenters. The van der Waals surface area contributed by atoms with Crippen LogP contribution in [-0.2, 0) is 14.8 Å². The van der Waals surface area contributed by atoms with Crippen molar-refractivity contribution in [3.05, 3.63) is 78.6 Å². The zero-order valence-corrected chi connectivity index (χ0v) is 20.2. The third-order valence-electron chi connectivity index (χ3n) is 5.50. The molecule has 0 bridgehead atoms. The van der Waals surface area contributed by atoms with Gasteiger partial charge in [-0.05, 0) is 54.5 Å². The molecule has 0 atom stereocenters. The van der Waals surface area contributed by atoms with Gasteiger partial charge in [0.25, 0.3) is 0 Å². The van der Waals surface area contributed by atoms with Crippen molar-refractivity contribution in [1.82, 2.24) is 0 Å². The Bertz CT molecular complexity index is 1540. The summed E-state index contributed by atoms with van der Waals surface area (Å²) in [7, 11) is -0.722. The summed E-state index contributed by atoms with van der Waals surface area (Å²) in [6, 6.07) is 17.1. The SMILES string of the molecule is COc1ccc(-c2coc3cc(OC)c(/C(C)=C/C(=O)Nc4cccc(S(N)(=O)=O)c4)cc23)cc1. The van der Waals surface area contributed by atoms with Crippen molar-refractivity contribution in [2.45, 2.75) is 11.8 Å². The van der Waals surface area contributed by atoms with Crippen LogP contribution in [0.4, 0.5) is 5.69 Å². The fraction of sp³-hybridized carbons (Fsp3) is 0.115. The molecule has 8 nitrogen and oxygen atoms in total. The second kappa shape index (κ2) is 9.65. The second-order valence-corrected chi connectivity index (χ2v) is 9.38. The number of allylic oxidation sites excluding steroid dienone is 1. The summed E-state index contributed by atoms with van der Waals surface area (Å²) < 4.78 is 39.7. The van der Waals surface area contributed by atoms with Gasteiger partial charge in [0.2, 0.25) is 15.9 Å². The first-order chi connectivity index (χ1) is 16.7. The predicted molar refractivity (Wildman–Crippen MR) is 135 cm³/mol. The molecule has 9 heteroatoms. The van der Waals surface area contributed by atoms with Crippen molar-refractivity contribution in [1.29, 1.82) is 0 Å². The molecule has 180 valence electrons. The van der Waals surface area contributed by atoms with Crippen LogP contribution in [0, 0.1) is 0 Å². The normalized spacial score (nSPS) is 11.9. The smallest absolute Gasteiger partial charge is 0.248 e. The molecule has 4 aromatic rings. The number of benzene rings is 3. The van der Waals surface area contributed by atoms with Gasteiger partial charge in [-0.2, -0.15) is 0 Å². The lowest BCUT2D eigenvalue weighted by atomic mass is 9.99. The van der Waals surface area contributed by atoms with E-state index >= 15 is 0 Å². The zero-order valence-electron chi connectivity index (χ0n) is 19.4. The molecule has 0 saturated carbocycles. The van der Waals surface area contributed by atoms with Gasteiger partial charge in [0.15, 0.2) is 0 Å². The van der Waals surface area contributed by atoms with Crippen LogP contribution in [0.5, 0.6) is 11.5 Å². The number of furan rings is 1. The Morgan fingerprint density at radius 2 is 1.77 bits per heavy atom. The molecule has 0 radical (unpaired) electrons. The van der Waals surface area contributed by atoms with Crippen LogP contribution in [-0.4, -0.2) is 28.5 Å². The molecule has 3 aromatic carbocycles. The highest BCUT2D eigenvalue weighted by molar-refractivity contribution is 7.89. The maximum atomic E-state index is 12.7. The average Bonchev–Trinajstić information content (AvgIpc) is 3.25. The molecule has 1 heterocycles. The van der Waals surface area contributed by atoms with E-state index in [1.54, 1.807) is 39.5 Å². The zero-order chi connectivity index (χ0) is 25.2. The van der Waals surface area contributed by atoms with Crippen molar-refractivity contribution in [3.8, 4) is 22.6 Å². The van der Waals surface area contributed by atoms with Gasteiger partial charge in [0.05, 0.1) is 25.4 Å². The average molecular weight is 493 g/mol. The number of nitrogens with two attached hydrogens (primary N) is 1. The summed E-state index contributed by atoms with van der Waals surface area (Å²) in [5.74, 6) is 0.869. The largest absolute Gasteiger partial charge is 0.497 e. The minimum Gasteiger partial charge on any atom is -0.497 e. The lowest BCUT2D eigenvalue weighted by Gasteiger charge is -2.10. The lowest BCUT2D eigenvalue weighted by Crippen LogP contribution is -2.13. The number of hydrogen-bond donors (Lipinski definition) is 2. The number of methoxy groups -OCH3 is 2. The Morgan fingerprint density at radius 1 is 1.03 bits per heavy atom. The van der Waals surface area contributed by atoms with Crippen LogP contribution in [0.3, 0.4) is 0 Å². The van der Waals surface area contributed by atoms with Crippen molar-refractivity contribution >= 4 is 38.2 Å². The maximum Gasteiger partial charge on any atom is 0.248 e. The Hall–Kier alpha value is -4.08. The van der Waals surface area contributed by atoms with E-state index in [1.807, 2.05) is 30.3 Å². The van der Waals surface area contributed by atoms with E-state index in [4.69, 9.17) is 19.0 Å². The number of carbonyl (C=O) groups is 1. The van der Waals surface area contributed by atoms with Crippen molar-refractivity contribution in [2.75, 3.05) is 19.5 Å². The lowest BCUT2D eigenvalue weighted by molar-refractivity contribution is -0.111. The maximum absolute atomic E-state index is 12.7. The number of hydrogen-bond acceptors (Lipinski definition) is 6. The van der Waals surface area contributed by atoms with Gasteiger partial charge in [-0.1, -0.05) is 18.2 Å². The standard InChI is InChI=1S/C26H24N2O6S/c1-16(11-26(29)28-18-5-4-6-20(12-18)35(27,30)31)21-13-22-23(15-34-25(22)14-24(21)33-3)17-7-9-19(32-2)10-8-17/h4-15H,1-3H3,(H,28,29)(H2,27,30,31)/b16-11+. The summed E-state index contributed by atoms with van der Waals surface area (Å²) >= 11 is 0. The molecule has 3 N–H and O–H groups in total. The van der Waals surface area contributed by atoms with Crippen LogP contribution in [0.25, 0.3) is 27.7 Å². The fourth-order valence-electron chi connectivity index (χ4n) is 3.73. The number of rotatable bonds is 7. The van der Waals surface area contributed by atoms with E-state index in [0.29, 0.717) is 28.2 Å². The van der Waals surface area contributed by atoms with Gasteiger partial charge in [0.1, 0.15) is 17.1 Å². The van der Waals surface area contributed by atoms with Crippen molar-refractivity contribution in [3.63, 3.8) is 0 Å². The Balaban J connectivity index is 1.67. The van der Waals surface area contributed by atoms with E-state index in [0.717, 1.165) is 22.3 Å². The molecule has 35 heavy (non-hydrogen) atoms. The highest BCUT2D eigenvalue weighted by Gasteiger charge is 2.15. The first-order valence-corrected chi connectivity index (χ1v) is 12.1. The van der Waals surface area contributed by atoms with E-state index < -0.39 is 15.9 Å². The Morgan fingerprint density at radius 3 is 2.43 bits per heavy atom. The van der Waals surface area contributed by atoms with Crippen LogP contribution in [0.15, 0.2) is 82.3 Å². The van der Waals surface area contributed by atoms with Gasteiger partial charge in [0, 0.05) is 34.3 Å². The topological polar surface area (TPSA) is 121 Å². The number of carbonyl (C=O) groups excluding carboxylic acids is 1. The van der Waals surface area contributed by atoms with Crippen LogP contribution in [0.2, 0.25) is 0 Å². The number of fused-ring (bicyclic) bond motifs is 1. The molecule has 1 aromatic heterocycles. The molecule has 1 amide bonds. The molecule has 0 spiro atoms. The summed E-state index contributed by atoms with van der Waals surface area (Å²) in [5.41, 5.74) is 4.16. The van der Waals surface area contributed by atoms with Gasteiger partial charge in [-0.15, -0.1) is 0 Å². The molecule has 0 aliphatic rings. The van der Waals surface area contributed by atoms with Gasteiger partial charge >= 0.3 is 0 Å². The van der Waals surface area contributed by atoms with Crippen LogP contribution in [0.1, 0.15) is 12.5 Å². The number of sulfonamides is 1. The summed E-state index contributed by atoms with van der Waals surface area (Å²) in [5, 5.41) is 8.70. The minimum absolute atomic E-state index is 0.0888. The van der Waals surface area contributed by atoms with Crippen molar-refractivity contribution in [2.24, 2.45) is 5.14 Å². The summed E-state index contributed by atoms with van der Waals surface area (Å²) in [6.07, 6.45) is 3.10. The minimum atomic E-state index is -3.88. The van der Waals surface area contributed by atoms with Gasteiger partial charge in [-0.3, -0.25) is 4.79 Å². The second-order valence-electron chi connectivity index (χ2n) is 7.82. The molecule has 0 aliphatic carbocycles. The van der Waals surface area contributed by atoms with Crippen LogP contribution >= 0.6 is 0 Å². The van der Waals surface area contributed by atoms with E-state index in [1.165, 1.54) is 24.3 Å². The molecule has 0 aliphatic heterocycles. The Labute approximate surface area is 203 Å². The highest BCUT2D eigenvalue weighted by Crippen LogP contribution is 2.37. The molecule has 4 rings (SSSR count). The monoisotopic (exact) mass is 492 g/mol. The van der Waals surface area contributed by atoms with E-state index in [2.05, 4.69) is 5.32 Å². The Kier molecular flexibility index (Phi) is 6.63. The highest BCUT2D eigenvalue weighted by atomic mass is 32.2. The third-order valence-corrected chi connectivity index (χ3v) is 6.41. The summed E-state index contributed by atoms with van der Waals surface area (Å²) in [4.78, 5) is 12.6. The molecular weight excluding hydrogens is 468 g/mol. The molecule has 0 saturated heterocycles. The number of ether oxygens (including phenoxy) is 2. The summed E-state index contributed by atoms with van der Waals surface area (Å²) in [6.45, 7) is 1.79. The van der Waals surface area contributed by atoms with Gasteiger partial charge in [-0.25, -0.2) is 13.6 Å². The first kappa shape index (κ1) is 24.1.